The highest BCUT2D eigenvalue weighted by atomic mass is 35.5. The molecule has 23 heavy (non-hydrogen) atoms. The maximum Gasteiger partial charge on any atom is 0.251 e. The molecule has 4 nitrogen and oxygen atoms in total. The molecule has 2 saturated heterocycles. The molecule has 2 aliphatic heterocycles. The van der Waals surface area contributed by atoms with E-state index >= 15 is 0 Å². The number of nitrogens with one attached hydrogen (secondary N) is 2. The highest BCUT2D eigenvalue weighted by molar-refractivity contribution is 5.98. The van der Waals surface area contributed by atoms with Crippen molar-refractivity contribution in [2.45, 2.75) is 57.2 Å². The second kappa shape index (κ2) is 6.17. The molecule has 124 valence electrons. The molecule has 2 bridgehead atoms. The van der Waals surface area contributed by atoms with Crippen molar-refractivity contribution in [2.75, 3.05) is 0 Å². The number of amides is 1. The lowest BCUT2D eigenvalue weighted by atomic mass is 9.95. The topological polar surface area (TPSA) is 54.3 Å². The van der Waals surface area contributed by atoms with Crippen molar-refractivity contribution in [3.8, 4) is 0 Å². The number of carbonyl (C=O) groups excluding carboxylic acids is 1. The van der Waals surface area contributed by atoms with Crippen molar-refractivity contribution in [3.63, 3.8) is 0 Å². The number of fused-ring (bicyclic) bond motifs is 3. The van der Waals surface area contributed by atoms with Gasteiger partial charge in [0.1, 0.15) is 5.58 Å². The van der Waals surface area contributed by atoms with Crippen molar-refractivity contribution in [1.82, 2.24) is 10.6 Å². The van der Waals surface area contributed by atoms with Crippen molar-refractivity contribution < 1.29 is 9.21 Å². The molecule has 1 amide bonds. The Morgan fingerprint density at radius 3 is 2.83 bits per heavy atom. The van der Waals surface area contributed by atoms with Gasteiger partial charge in [-0.25, -0.2) is 0 Å². The summed E-state index contributed by atoms with van der Waals surface area (Å²) < 4.78 is 5.58. The standard InChI is InChI=1S/C18H22N2O2.ClH/c1-10(2)14-9-22-17-6-3-11(7-13(14)17)18(21)20-16-8-12-4-5-15(16)19-12;/h3,6-7,9-10,12,15-16,19H,4-5,8H2,1-2H3,(H,20,21);1H/t12?,15?,16-;/m1./s1. The highest BCUT2D eigenvalue weighted by Crippen LogP contribution is 2.30. The van der Waals surface area contributed by atoms with E-state index in [1.807, 2.05) is 18.2 Å². The number of halogens is 1. The zero-order valence-corrected chi connectivity index (χ0v) is 14.3. The fraction of sp³-hybridized carbons (Fsp3) is 0.500. The summed E-state index contributed by atoms with van der Waals surface area (Å²) in [5.41, 5.74) is 2.73. The maximum absolute atomic E-state index is 12.6. The van der Waals surface area contributed by atoms with Crippen LogP contribution in [0.4, 0.5) is 0 Å². The third kappa shape index (κ3) is 2.86. The average molecular weight is 335 g/mol. The molecule has 2 aliphatic rings. The third-order valence-corrected chi connectivity index (χ3v) is 5.10. The summed E-state index contributed by atoms with van der Waals surface area (Å²) in [6.45, 7) is 4.27. The molecule has 2 fully saturated rings. The van der Waals surface area contributed by atoms with Gasteiger partial charge in [-0.3, -0.25) is 4.79 Å². The molecular weight excluding hydrogens is 312 g/mol. The summed E-state index contributed by atoms with van der Waals surface area (Å²) >= 11 is 0. The minimum absolute atomic E-state index is 0. The quantitative estimate of drug-likeness (QED) is 0.901. The number of hydrogen-bond acceptors (Lipinski definition) is 3. The Balaban J connectivity index is 0.00000156. The monoisotopic (exact) mass is 334 g/mol. The van der Waals surface area contributed by atoms with E-state index in [1.165, 1.54) is 12.8 Å². The molecule has 0 aliphatic carbocycles. The largest absolute Gasteiger partial charge is 0.464 e. The molecule has 4 rings (SSSR count). The zero-order valence-electron chi connectivity index (χ0n) is 13.5. The molecule has 2 unspecified atom stereocenters. The third-order valence-electron chi connectivity index (χ3n) is 5.10. The van der Waals surface area contributed by atoms with Gasteiger partial charge in [-0.05, 0) is 43.4 Å². The summed E-state index contributed by atoms with van der Waals surface area (Å²) in [6.07, 6.45) is 5.28. The SMILES string of the molecule is CC(C)c1coc2ccc(C(=O)N[C@@H]3CC4CCC3N4)cc12.Cl. The van der Waals surface area contributed by atoms with Crippen molar-refractivity contribution in [1.29, 1.82) is 0 Å². The first-order chi connectivity index (χ1) is 10.6. The van der Waals surface area contributed by atoms with Gasteiger partial charge in [-0.15, -0.1) is 12.4 Å². The Labute approximate surface area is 142 Å². The lowest BCUT2D eigenvalue weighted by molar-refractivity contribution is 0.0931. The molecule has 2 N–H and O–H groups in total. The number of carbonyl (C=O) groups is 1. The second-order valence-corrected chi connectivity index (χ2v) is 6.92. The molecule has 0 saturated carbocycles. The van der Waals surface area contributed by atoms with Gasteiger partial charge in [0.2, 0.25) is 0 Å². The summed E-state index contributed by atoms with van der Waals surface area (Å²) in [4.78, 5) is 12.6. The van der Waals surface area contributed by atoms with Crippen LogP contribution in [0.1, 0.15) is 54.9 Å². The van der Waals surface area contributed by atoms with Crippen LogP contribution in [0.25, 0.3) is 11.0 Å². The molecule has 1 aromatic heterocycles. The van der Waals surface area contributed by atoms with Gasteiger partial charge in [0.15, 0.2) is 0 Å². The van der Waals surface area contributed by atoms with Gasteiger partial charge in [-0.2, -0.15) is 0 Å². The van der Waals surface area contributed by atoms with Crippen molar-refractivity contribution in [2.24, 2.45) is 0 Å². The number of benzene rings is 1. The minimum Gasteiger partial charge on any atom is -0.464 e. The summed E-state index contributed by atoms with van der Waals surface area (Å²) in [5, 5.41) is 7.80. The molecule has 2 aromatic rings. The van der Waals surface area contributed by atoms with E-state index in [-0.39, 0.29) is 24.4 Å². The van der Waals surface area contributed by atoms with Crippen LogP contribution in [-0.4, -0.2) is 24.0 Å². The van der Waals surface area contributed by atoms with Crippen LogP contribution >= 0.6 is 12.4 Å². The van der Waals surface area contributed by atoms with E-state index < -0.39 is 0 Å². The van der Waals surface area contributed by atoms with Crippen LogP contribution < -0.4 is 10.6 Å². The number of furan rings is 1. The van der Waals surface area contributed by atoms with E-state index in [2.05, 4.69) is 24.5 Å². The predicted octanol–water partition coefficient (Wildman–Crippen LogP) is 3.60. The second-order valence-electron chi connectivity index (χ2n) is 6.92. The summed E-state index contributed by atoms with van der Waals surface area (Å²) in [5.74, 6) is 0.409. The van der Waals surface area contributed by atoms with Gasteiger partial charge >= 0.3 is 0 Å². The zero-order chi connectivity index (χ0) is 15.3. The smallest absolute Gasteiger partial charge is 0.251 e. The first-order valence-corrected chi connectivity index (χ1v) is 8.20. The Kier molecular flexibility index (Phi) is 4.39. The first kappa shape index (κ1) is 16.3. The molecule has 3 heterocycles. The van der Waals surface area contributed by atoms with Crippen LogP contribution in [0, 0.1) is 0 Å². The minimum atomic E-state index is 0. The van der Waals surface area contributed by atoms with Gasteiger partial charge in [0, 0.05) is 34.6 Å². The van der Waals surface area contributed by atoms with Gasteiger partial charge in [0.25, 0.3) is 5.91 Å². The van der Waals surface area contributed by atoms with E-state index in [4.69, 9.17) is 4.42 Å². The molecule has 5 heteroatoms. The van der Waals surface area contributed by atoms with E-state index in [0.29, 0.717) is 18.0 Å². The van der Waals surface area contributed by atoms with E-state index in [9.17, 15) is 4.79 Å². The fourth-order valence-corrected chi connectivity index (χ4v) is 3.87. The van der Waals surface area contributed by atoms with E-state index in [0.717, 1.165) is 28.5 Å². The van der Waals surface area contributed by atoms with Crippen LogP contribution in [0.2, 0.25) is 0 Å². The van der Waals surface area contributed by atoms with Gasteiger partial charge < -0.3 is 15.1 Å². The molecule has 0 spiro atoms. The Bertz CT molecular complexity index is 725. The lowest BCUT2D eigenvalue weighted by Gasteiger charge is -2.21. The molecule has 3 atom stereocenters. The average Bonchev–Trinajstić information content (AvgIpc) is 3.20. The van der Waals surface area contributed by atoms with Crippen LogP contribution in [0.15, 0.2) is 28.9 Å². The fourth-order valence-electron chi connectivity index (χ4n) is 3.87. The van der Waals surface area contributed by atoms with Crippen LogP contribution in [0.5, 0.6) is 0 Å². The van der Waals surface area contributed by atoms with Gasteiger partial charge in [-0.1, -0.05) is 13.8 Å². The highest BCUT2D eigenvalue weighted by Gasteiger charge is 2.39. The van der Waals surface area contributed by atoms with Crippen molar-refractivity contribution >= 4 is 29.3 Å². The number of hydrogen-bond donors (Lipinski definition) is 2. The molecule has 0 radical (unpaired) electrons. The molecular formula is C18H23ClN2O2. The lowest BCUT2D eigenvalue weighted by Crippen LogP contribution is -2.42. The summed E-state index contributed by atoms with van der Waals surface area (Å²) in [7, 11) is 0. The van der Waals surface area contributed by atoms with Gasteiger partial charge in [0.05, 0.1) is 6.26 Å². The Hall–Kier alpha value is -1.52. The van der Waals surface area contributed by atoms with E-state index in [1.54, 1.807) is 6.26 Å². The normalized spacial score (nSPS) is 25.8. The molecule has 1 aromatic carbocycles. The van der Waals surface area contributed by atoms with Crippen molar-refractivity contribution in [3.05, 3.63) is 35.6 Å². The first-order valence-electron chi connectivity index (χ1n) is 8.20. The summed E-state index contributed by atoms with van der Waals surface area (Å²) in [6, 6.07) is 7.04. The maximum atomic E-state index is 12.6. The van der Waals surface area contributed by atoms with Crippen LogP contribution in [0.3, 0.4) is 0 Å². The Morgan fingerprint density at radius 1 is 1.35 bits per heavy atom. The predicted molar refractivity (Wildman–Crippen MR) is 93.4 cm³/mol. The van der Waals surface area contributed by atoms with Crippen LogP contribution in [-0.2, 0) is 0 Å². The number of rotatable bonds is 3. The Morgan fingerprint density at radius 2 is 2.17 bits per heavy atom.